The van der Waals surface area contributed by atoms with Gasteiger partial charge in [-0.1, -0.05) is 25.1 Å². The van der Waals surface area contributed by atoms with E-state index in [1.165, 1.54) is 11.3 Å². The minimum Gasteiger partial charge on any atom is -0.481 e. The number of carboxylic acids is 1. The van der Waals surface area contributed by atoms with Gasteiger partial charge in [-0.15, -0.1) is 0 Å². The summed E-state index contributed by atoms with van der Waals surface area (Å²) in [5, 5.41) is 8.66. The van der Waals surface area contributed by atoms with Crippen LogP contribution in [0.2, 0.25) is 0 Å². The quantitative estimate of drug-likeness (QED) is 0.821. The molecular formula is C12H15NO2. The minimum absolute atomic E-state index is 0.209. The maximum absolute atomic E-state index is 10.5. The molecule has 0 radical (unpaired) electrons. The molecule has 1 unspecified atom stereocenters. The fourth-order valence-electron chi connectivity index (χ4n) is 2.16. The molecule has 1 aliphatic heterocycles. The van der Waals surface area contributed by atoms with Crippen molar-refractivity contribution < 1.29 is 9.90 Å². The highest BCUT2D eigenvalue weighted by Crippen LogP contribution is 2.35. The van der Waals surface area contributed by atoms with Crippen LogP contribution in [0.15, 0.2) is 24.3 Å². The largest absolute Gasteiger partial charge is 0.481 e. The van der Waals surface area contributed by atoms with E-state index in [9.17, 15) is 4.79 Å². The fraction of sp³-hybridized carbons (Fsp3) is 0.417. The first-order valence-corrected chi connectivity index (χ1v) is 5.24. The van der Waals surface area contributed by atoms with Crippen LogP contribution in [0.3, 0.4) is 0 Å². The van der Waals surface area contributed by atoms with Gasteiger partial charge in [0.05, 0.1) is 6.42 Å². The molecule has 1 aromatic carbocycles. The molecule has 0 aromatic heterocycles. The van der Waals surface area contributed by atoms with E-state index in [0.717, 1.165) is 6.54 Å². The van der Waals surface area contributed by atoms with Gasteiger partial charge in [-0.05, 0) is 11.6 Å². The minimum atomic E-state index is -0.730. The Kier molecular flexibility index (Phi) is 2.62. The van der Waals surface area contributed by atoms with Gasteiger partial charge < -0.3 is 10.0 Å². The van der Waals surface area contributed by atoms with Crippen molar-refractivity contribution >= 4 is 11.7 Å². The SMILES string of the molecule is CC1CN(CCC(=O)O)c2ccccc21. The van der Waals surface area contributed by atoms with Crippen molar-refractivity contribution in [1.29, 1.82) is 0 Å². The van der Waals surface area contributed by atoms with Gasteiger partial charge in [0.15, 0.2) is 0 Å². The van der Waals surface area contributed by atoms with Gasteiger partial charge in [-0.2, -0.15) is 0 Å². The Hall–Kier alpha value is -1.51. The first-order valence-electron chi connectivity index (χ1n) is 5.24. The average Bonchev–Trinajstić information content (AvgIpc) is 2.54. The molecule has 1 N–H and O–H groups in total. The van der Waals surface area contributed by atoms with Crippen LogP contribution >= 0.6 is 0 Å². The molecule has 3 heteroatoms. The number of carbonyl (C=O) groups is 1. The van der Waals surface area contributed by atoms with Crippen LogP contribution in [-0.2, 0) is 4.79 Å². The third kappa shape index (κ3) is 1.96. The molecule has 1 aliphatic rings. The molecule has 3 nitrogen and oxygen atoms in total. The predicted octanol–water partition coefficient (Wildman–Crippen LogP) is 2.08. The number of hydrogen-bond acceptors (Lipinski definition) is 2. The van der Waals surface area contributed by atoms with Gasteiger partial charge in [0.2, 0.25) is 0 Å². The number of para-hydroxylation sites is 1. The van der Waals surface area contributed by atoms with E-state index in [2.05, 4.69) is 24.0 Å². The lowest BCUT2D eigenvalue weighted by Gasteiger charge is -2.18. The molecule has 0 bridgehead atoms. The van der Waals surface area contributed by atoms with E-state index in [1.807, 2.05) is 12.1 Å². The summed E-state index contributed by atoms with van der Waals surface area (Å²) in [5.41, 5.74) is 2.54. The van der Waals surface area contributed by atoms with Crippen molar-refractivity contribution in [1.82, 2.24) is 0 Å². The Labute approximate surface area is 89.3 Å². The van der Waals surface area contributed by atoms with Crippen LogP contribution in [-0.4, -0.2) is 24.2 Å². The van der Waals surface area contributed by atoms with E-state index in [4.69, 9.17) is 5.11 Å². The van der Waals surface area contributed by atoms with Crippen LogP contribution in [0.4, 0.5) is 5.69 Å². The summed E-state index contributed by atoms with van der Waals surface area (Å²) < 4.78 is 0. The van der Waals surface area contributed by atoms with E-state index in [0.29, 0.717) is 12.5 Å². The number of hydrogen-bond donors (Lipinski definition) is 1. The second-order valence-electron chi connectivity index (χ2n) is 4.05. The maximum Gasteiger partial charge on any atom is 0.305 e. The van der Waals surface area contributed by atoms with Crippen molar-refractivity contribution in [2.75, 3.05) is 18.0 Å². The molecular weight excluding hydrogens is 190 g/mol. The third-order valence-electron chi connectivity index (χ3n) is 2.90. The highest BCUT2D eigenvalue weighted by molar-refractivity contribution is 5.68. The number of benzene rings is 1. The zero-order chi connectivity index (χ0) is 10.8. The molecule has 0 aliphatic carbocycles. The Morgan fingerprint density at radius 1 is 1.53 bits per heavy atom. The van der Waals surface area contributed by atoms with Crippen molar-refractivity contribution in [2.24, 2.45) is 0 Å². The molecule has 80 valence electrons. The monoisotopic (exact) mass is 205 g/mol. The van der Waals surface area contributed by atoms with Crippen molar-refractivity contribution in [3.8, 4) is 0 Å². The molecule has 0 amide bonds. The number of carboxylic acid groups (broad SMARTS) is 1. The highest BCUT2D eigenvalue weighted by atomic mass is 16.4. The molecule has 1 atom stereocenters. The zero-order valence-corrected chi connectivity index (χ0v) is 8.81. The molecule has 0 saturated carbocycles. The molecule has 0 saturated heterocycles. The zero-order valence-electron chi connectivity index (χ0n) is 8.81. The second kappa shape index (κ2) is 3.93. The van der Waals surface area contributed by atoms with E-state index in [1.54, 1.807) is 0 Å². The van der Waals surface area contributed by atoms with Gasteiger partial charge in [-0.3, -0.25) is 4.79 Å². The van der Waals surface area contributed by atoms with Crippen LogP contribution in [0.5, 0.6) is 0 Å². The Morgan fingerprint density at radius 3 is 3.00 bits per heavy atom. The fourth-order valence-corrected chi connectivity index (χ4v) is 2.16. The first kappa shape index (κ1) is 10.0. The number of nitrogens with zero attached hydrogens (tertiary/aromatic N) is 1. The molecule has 1 aromatic rings. The van der Waals surface area contributed by atoms with Crippen molar-refractivity contribution in [2.45, 2.75) is 19.3 Å². The second-order valence-corrected chi connectivity index (χ2v) is 4.05. The topological polar surface area (TPSA) is 40.5 Å². The highest BCUT2D eigenvalue weighted by Gasteiger charge is 2.24. The third-order valence-corrected chi connectivity index (χ3v) is 2.90. The Balaban J connectivity index is 2.14. The van der Waals surface area contributed by atoms with Gasteiger partial charge in [0.1, 0.15) is 0 Å². The standard InChI is InChI=1S/C12H15NO2/c1-9-8-13(7-6-12(14)15)11-5-3-2-4-10(9)11/h2-5,9H,6-8H2,1H3,(H,14,15). The number of anilines is 1. The lowest BCUT2D eigenvalue weighted by Crippen LogP contribution is -2.24. The average molecular weight is 205 g/mol. The maximum atomic E-state index is 10.5. The van der Waals surface area contributed by atoms with Gasteiger partial charge in [-0.25, -0.2) is 0 Å². The van der Waals surface area contributed by atoms with Crippen LogP contribution in [0, 0.1) is 0 Å². The molecule has 0 spiro atoms. The molecule has 15 heavy (non-hydrogen) atoms. The van der Waals surface area contributed by atoms with Crippen LogP contribution in [0.1, 0.15) is 24.8 Å². The summed E-state index contributed by atoms with van der Waals surface area (Å²) in [4.78, 5) is 12.7. The van der Waals surface area contributed by atoms with Crippen LogP contribution < -0.4 is 4.90 Å². The summed E-state index contributed by atoms with van der Waals surface area (Å²) in [6.45, 7) is 3.73. The number of fused-ring (bicyclic) bond motifs is 1. The van der Waals surface area contributed by atoms with Gasteiger partial charge >= 0.3 is 5.97 Å². The van der Waals surface area contributed by atoms with Gasteiger partial charge in [0, 0.05) is 24.7 Å². The summed E-state index contributed by atoms with van der Waals surface area (Å²) >= 11 is 0. The predicted molar refractivity (Wildman–Crippen MR) is 59.3 cm³/mol. The molecule has 0 fully saturated rings. The summed E-state index contributed by atoms with van der Waals surface area (Å²) in [5.74, 6) is -0.220. The van der Waals surface area contributed by atoms with E-state index in [-0.39, 0.29) is 6.42 Å². The number of rotatable bonds is 3. The lowest BCUT2D eigenvalue weighted by atomic mass is 10.0. The van der Waals surface area contributed by atoms with E-state index < -0.39 is 5.97 Å². The normalized spacial score (nSPS) is 19.0. The van der Waals surface area contributed by atoms with Crippen LogP contribution in [0.25, 0.3) is 0 Å². The number of aliphatic carboxylic acids is 1. The Morgan fingerprint density at radius 2 is 2.27 bits per heavy atom. The van der Waals surface area contributed by atoms with Crippen molar-refractivity contribution in [3.05, 3.63) is 29.8 Å². The smallest absolute Gasteiger partial charge is 0.305 e. The summed E-state index contributed by atoms with van der Waals surface area (Å²) in [6.07, 6.45) is 0.209. The summed E-state index contributed by atoms with van der Waals surface area (Å²) in [6, 6.07) is 8.24. The first-order chi connectivity index (χ1) is 7.18. The van der Waals surface area contributed by atoms with E-state index >= 15 is 0 Å². The molecule has 2 rings (SSSR count). The Bertz CT molecular complexity index is 376. The van der Waals surface area contributed by atoms with Gasteiger partial charge in [0.25, 0.3) is 0 Å². The molecule has 1 heterocycles. The van der Waals surface area contributed by atoms with Crippen molar-refractivity contribution in [3.63, 3.8) is 0 Å². The lowest BCUT2D eigenvalue weighted by molar-refractivity contribution is -0.136. The summed E-state index contributed by atoms with van der Waals surface area (Å²) in [7, 11) is 0.